The molecule has 5 rings (SSSR count). The molecule has 0 bridgehead atoms. The predicted molar refractivity (Wildman–Crippen MR) is 116 cm³/mol. The van der Waals surface area contributed by atoms with Crippen molar-refractivity contribution >= 4 is 22.8 Å². The highest BCUT2D eigenvalue weighted by molar-refractivity contribution is 5.90. The van der Waals surface area contributed by atoms with Crippen LogP contribution in [0.5, 0.6) is 11.5 Å². The summed E-state index contributed by atoms with van der Waals surface area (Å²) in [6.07, 6.45) is 2.66. The lowest BCUT2D eigenvalue weighted by molar-refractivity contribution is -0.142. The second-order valence-corrected chi connectivity index (χ2v) is 8.38. The molecule has 8 heteroatoms. The fourth-order valence-corrected chi connectivity index (χ4v) is 4.30. The number of aliphatic hydroxyl groups excluding tert-OH is 1. The van der Waals surface area contributed by atoms with Crippen molar-refractivity contribution in [2.75, 3.05) is 6.79 Å². The van der Waals surface area contributed by atoms with Gasteiger partial charge in [0.1, 0.15) is 6.04 Å². The number of aliphatic carboxylic acids is 1. The number of nitrogens with one attached hydrogen (secondary N) is 2. The number of amides is 1. The number of carboxylic acids is 1. The second kappa shape index (κ2) is 8.20. The van der Waals surface area contributed by atoms with E-state index in [9.17, 15) is 19.8 Å². The third-order valence-corrected chi connectivity index (χ3v) is 6.20. The summed E-state index contributed by atoms with van der Waals surface area (Å²) in [5, 5.41) is 24.3. The van der Waals surface area contributed by atoms with Crippen molar-refractivity contribution in [1.29, 1.82) is 0 Å². The number of fused-ring (bicyclic) bond motifs is 2. The number of carbonyl (C=O) groups is 2. The molecule has 3 atom stereocenters. The Kier molecular flexibility index (Phi) is 5.22. The van der Waals surface area contributed by atoms with Gasteiger partial charge in [-0.3, -0.25) is 4.79 Å². The van der Waals surface area contributed by atoms with E-state index >= 15 is 0 Å². The average Bonchev–Trinajstić information content (AvgIpc) is 3.40. The zero-order valence-electron chi connectivity index (χ0n) is 17.3. The number of ether oxygens (including phenoxy) is 2. The number of rotatable bonds is 8. The lowest BCUT2D eigenvalue weighted by Crippen LogP contribution is -2.46. The van der Waals surface area contributed by atoms with Gasteiger partial charge in [-0.15, -0.1) is 0 Å². The van der Waals surface area contributed by atoms with Gasteiger partial charge in [-0.05, 0) is 48.1 Å². The molecule has 166 valence electrons. The highest BCUT2D eigenvalue weighted by Crippen LogP contribution is 2.41. The zero-order chi connectivity index (χ0) is 22.2. The Morgan fingerprint density at radius 2 is 1.91 bits per heavy atom. The molecule has 1 aromatic heterocycles. The van der Waals surface area contributed by atoms with Crippen LogP contribution in [0.3, 0.4) is 0 Å². The van der Waals surface area contributed by atoms with Crippen LogP contribution in [0.15, 0.2) is 48.7 Å². The number of hydrogen-bond donors (Lipinski definition) is 4. The number of aromatic nitrogens is 1. The zero-order valence-corrected chi connectivity index (χ0v) is 17.3. The third kappa shape index (κ3) is 3.89. The van der Waals surface area contributed by atoms with Crippen molar-refractivity contribution in [2.45, 2.75) is 37.3 Å². The van der Waals surface area contributed by atoms with E-state index in [1.54, 1.807) is 24.4 Å². The Hall–Kier alpha value is -3.52. The van der Waals surface area contributed by atoms with Gasteiger partial charge in [0.2, 0.25) is 12.7 Å². The first kappa shape index (κ1) is 20.4. The number of hydrogen-bond acceptors (Lipinski definition) is 5. The molecule has 2 aliphatic rings. The lowest BCUT2D eigenvalue weighted by Gasteiger charge is -2.25. The second-order valence-electron chi connectivity index (χ2n) is 8.38. The fraction of sp³-hybridized carbons (Fsp3) is 0.333. The Morgan fingerprint density at radius 3 is 2.69 bits per heavy atom. The summed E-state index contributed by atoms with van der Waals surface area (Å²) in [7, 11) is 0. The minimum absolute atomic E-state index is 0.0214. The first-order valence-electron chi connectivity index (χ1n) is 10.7. The van der Waals surface area contributed by atoms with E-state index < -0.39 is 29.9 Å². The smallest absolute Gasteiger partial charge is 0.326 e. The van der Waals surface area contributed by atoms with Gasteiger partial charge in [-0.1, -0.05) is 24.3 Å². The molecule has 4 N–H and O–H groups in total. The summed E-state index contributed by atoms with van der Waals surface area (Å²) in [5.41, 5.74) is 2.28. The largest absolute Gasteiger partial charge is 0.480 e. The van der Waals surface area contributed by atoms with E-state index in [1.165, 1.54) is 0 Å². The van der Waals surface area contributed by atoms with Crippen LogP contribution in [0.4, 0.5) is 0 Å². The average molecular weight is 436 g/mol. The highest BCUT2D eigenvalue weighted by atomic mass is 16.7. The molecule has 2 aromatic carbocycles. The molecule has 1 amide bonds. The van der Waals surface area contributed by atoms with Gasteiger partial charge in [0.15, 0.2) is 11.5 Å². The van der Waals surface area contributed by atoms with Gasteiger partial charge in [0.05, 0.1) is 12.0 Å². The van der Waals surface area contributed by atoms with E-state index in [2.05, 4.69) is 10.3 Å². The molecule has 0 radical (unpaired) electrons. The first-order valence-corrected chi connectivity index (χ1v) is 10.7. The molecule has 1 saturated carbocycles. The van der Waals surface area contributed by atoms with Crippen LogP contribution in [-0.4, -0.2) is 46.0 Å². The minimum Gasteiger partial charge on any atom is -0.480 e. The summed E-state index contributed by atoms with van der Waals surface area (Å²) in [6, 6.07) is 11.6. The van der Waals surface area contributed by atoms with Crippen molar-refractivity contribution in [1.82, 2.24) is 10.3 Å². The molecule has 1 fully saturated rings. The maximum absolute atomic E-state index is 13.3. The van der Waals surface area contributed by atoms with Crippen LogP contribution in [0.2, 0.25) is 0 Å². The number of carboxylic acid groups (broad SMARTS) is 1. The Labute approximate surface area is 184 Å². The topological polar surface area (TPSA) is 121 Å². The lowest BCUT2D eigenvalue weighted by atomic mass is 9.89. The van der Waals surface area contributed by atoms with Crippen molar-refractivity contribution in [2.24, 2.45) is 5.92 Å². The van der Waals surface area contributed by atoms with E-state index in [-0.39, 0.29) is 19.1 Å². The molecule has 32 heavy (non-hydrogen) atoms. The standard InChI is InChI=1S/C24H24N2O6/c27-22(13-5-6-13)21(14-7-8-19-20(10-14)32-12-31-19)23(28)26-18(24(29)30)9-15-11-25-17-4-2-1-3-16(15)17/h1-4,7-8,10-11,13,18,21-22,25,27H,5-6,9,12H2,(H,26,28)(H,29,30)/t18-,21?,22?/m0/s1. The van der Waals surface area contributed by atoms with Crippen LogP contribution >= 0.6 is 0 Å². The predicted octanol–water partition coefficient (Wildman–Crippen LogP) is 2.56. The number of benzene rings is 2. The van der Waals surface area contributed by atoms with E-state index in [4.69, 9.17) is 9.47 Å². The molecular formula is C24H24N2O6. The summed E-state index contributed by atoms with van der Waals surface area (Å²) in [6.45, 7) is 0.104. The molecule has 0 spiro atoms. The number of aromatic amines is 1. The van der Waals surface area contributed by atoms with E-state index in [1.807, 2.05) is 24.3 Å². The number of H-pyrrole nitrogens is 1. The van der Waals surface area contributed by atoms with Gasteiger partial charge in [0.25, 0.3) is 0 Å². The fourth-order valence-electron chi connectivity index (χ4n) is 4.30. The summed E-state index contributed by atoms with van der Waals surface area (Å²) < 4.78 is 10.8. The molecule has 1 aliphatic heterocycles. The van der Waals surface area contributed by atoms with Crippen LogP contribution in [0.1, 0.15) is 29.9 Å². The van der Waals surface area contributed by atoms with Crippen molar-refractivity contribution in [3.05, 3.63) is 59.8 Å². The van der Waals surface area contributed by atoms with Gasteiger partial charge in [-0.25, -0.2) is 4.79 Å². The summed E-state index contributed by atoms with van der Waals surface area (Å²) in [5.74, 6) is -1.44. The maximum atomic E-state index is 13.3. The minimum atomic E-state index is -1.13. The van der Waals surface area contributed by atoms with Crippen LogP contribution in [0, 0.1) is 5.92 Å². The SMILES string of the molecule is O=C(N[C@@H](Cc1c[nH]c2ccccc12)C(=O)O)C(c1ccc2c(c1)OCO2)C(O)C1CC1. The van der Waals surface area contributed by atoms with E-state index in [0.717, 1.165) is 29.3 Å². The quantitative estimate of drug-likeness (QED) is 0.431. The maximum Gasteiger partial charge on any atom is 0.326 e. The van der Waals surface area contributed by atoms with Gasteiger partial charge < -0.3 is 30.0 Å². The molecule has 2 heterocycles. The number of aliphatic hydroxyl groups is 1. The molecular weight excluding hydrogens is 412 g/mol. The van der Waals surface area contributed by atoms with Crippen molar-refractivity contribution < 1.29 is 29.3 Å². The Bertz CT molecular complexity index is 1170. The number of para-hydroxylation sites is 1. The summed E-state index contributed by atoms with van der Waals surface area (Å²) >= 11 is 0. The van der Waals surface area contributed by atoms with E-state index in [0.29, 0.717) is 17.1 Å². The molecule has 3 aromatic rings. The number of carbonyl (C=O) groups excluding carboxylic acids is 1. The Morgan fingerprint density at radius 1 is 1.12 bits per heavy atom. The van der Waals surface area contributed by atoms with Gasteiger partial charge >= 0.3 is 5.97 Å². The third-order valence-electron chi connectivity index (χ3n) is 6.20. The molecule has 1 aliphatic carbocycles. The van der Waals surface area contributed by atoms with Gasteiger partial charge in [0, 0.05) is 23.5 Å². The van der Waals surface area contributed by atoms with Crippen LogP contribution < -0.4 is 14.8 Å². The van der Waals surface area contributed by atoms with Crippen molar-refractivity contribution in [3.63, 3.8) is 0 Å². The Balaban J connectivity index is 1.40. The molecule has 2 unspecified atom stereocenters. The van der Waals surface area contributed by atoms with Crippen molar-refractivity contribution in [3.8, 4) is 11.5 Å². The highest BCUT2D eigenvalue weighted by Gasteiger charge is 2.41. The monoisotopic (exact) mass is 436 g/mol. The summed E-state index contributed by atoms with van der Waals surface area (Å²) in [4.78, 5) is 28.4. The van der Waals surface area contributed by atoms with Crippen LogP contribution in [0.25, 0.3) is 10.9 Å². The van der Waals surface area contributed by atoms with Gasteiger partial charge in [-0.2, -0.15) is 0 Å². The van der Waals surface area contributed by atoms with Crippen LogP contribution in [-0.2, 0) is 16.0 Å². The molecule has 0 saturated heterocycles. The normalized spacial score (nSPS) is 17.7. The first-order chi connectivity index (χ1) is 15.5. The molecule has 8 nitrogen and oxygen atoms in total.